The van der Waals surface area contributed by atoms with Gasteiger partial charge in [-0.3, -0.25) is 4.79 Å². The molecule has 0 saturated carbocycles. The second-order valence-electron chi connectivity index (χ2n) is 5.73. The molecule has 0 aliphatic carbocycles. The average Bonchev–Trinajstić information content (AvgIpc) is 2.79. The van der Waals surface area contributed by atoms with Crippen LogP contribution in [0.2, 0.25) is 0 Å². The first-order valence-electron chi connectivity index (χ1n) is 7.67. The number of hydrogen-bond acceptors (Lipinski definition) is 3. The van der Waals surface area contributed by atoms with Crippen LogP contribution in [0.15, 0.2) is 22.8 Å². The van der Waals surface area contributed by atoms with Gasteiger partial charge in [0.15, 0.2) is 0 Å². The zero-order valence-electron chi connectivity index (χ0n) is 13.4. The van der Waals surface area contributed by atoms with Crippen LogP contribution in [0.5, 0.6) is 5.75 Å². The second-order valence-corrected chi connectivity index (χ2v) is 6.52. The van der Waals surface area contributed by atoms with E-state index >= 15 is 0 Å². The molecule has 0 aliphatic rings. The quantitative estimate of drug-likeness (QED) is 0.591. The summed E-state index contributed by atoms with van der Waals surface area (Å²) in [7, 11) is 4.10. The predicted molar refractivity (Wildman–Crippen MR) is 93.4 cm³/mol. The van der Waals surface area contributed by atoms with Crippen molar-refractivity contribution in [3.8, 4) is 5.75 Å². The van der Waals surface area contributed by atoms with Crippen molar-refractivity contribution in [2.24, 2.45) is 0 Å². The number of nitrogens with zero attached hydrogens (tertiary/aromatic N) is 1. The summed E-state index contributed by atoms with van der Waals surface area (Å²) in [5.74, 6) is 0.486. The standard InChI is InChI=1S/C17H23BrN2O2/c1-4-5-9-15(21)22-14-8-6-7-13-16(14)12(17(18)19-13)10-11-20(2)3/h6-8,19H,4-5,9-11H2,1-3H3. The Bertz CT molecular complexity index is 649. The molecule has 5 heteroatoms. The summed E-state index contributed by atoms with van der Waals surface area (Å²) >= 11 is 3.59. The molecule has 1 N–H and O–H groups in total. The Morgan fingerprint density at radius 3 is 2.82 bits per heavy atom. The number of aromatic nitrogens is 1. The van der Waals surface area contributed by atoms with Crippen LogP contribution >= 0.6 is 15.9 Å². The number of unbranched alkanes of at least 4 members (excludes halogenated alkanes) is 1. The van der Waals surface area contributed by atoms with E-state index in [1.807, 2.05) is 18.2 Å². The highest BCUT2D eigenvalue weighted by Gasteiger charge is 2.16. The molecule has 2 aromatic rings. The summed E-state index contributed by atoms with van der Waals surface area (Å²) in [6.45, 7) is 3.00. The lowest BCUT2D eigenvalue weighted by Gasteiger charge is -2.11. The molecule has 0 radical (unpaired) electrons. The first-order chi connectivity index (χ1) is 10.5. The van der Waals surface area contributed by atoms with Crippen molar-refractivity contribution in [3.05, 3.63) is 28.4 Å². The van der Waals surface area contributed by atoms with E-state index in [2.05, 4.69) is 46.8 Å². The van der Waals surface area contributed by atoms with Crippen molar-refractivity contribution in [2.45, 2.75) is 32.6 Å². The Kier molecular flexibility index (Phi) is 6.03. The maximum absolute atomic E-state index is 11.9. The van der Waals surface area contributed by atoms with Crippen molar-refractivity contribution < 1.29 is 9.53 Å². The van der Waals surface area contributed by atoms with Crippen LogP contribution in [0.1, 0.15) is 31.7 Å². The maximum Gasteiger partial charge on any atom is 0.311 e. The number of hydrogen-bond donors (Lipinski definition) is 1. The molecule has 0 aliphatic heterocycles. The third kappa shape index (κ3) is 4.11. The molecular formula is C17H23BrN2O2. The molecule has 0 amide bonds. The summed E-state index contributed by atoms with van der Waals surface area (Å²) in [4.78, 5) is 17.4. The molecule has 0 spiro atoms. The van der Waals surface area contributed by atoms with E-state index < -0.39 is 0 Å². The van der Waals surface area contributed by atoms with Crippen LogP contribution < -0.4 is 4.74 Å². The highest BCUT2D eigenvalue weighted by Crippen LogP contribution is 2.34. The number of H-pyrrole nitrogens is 1. The number of ether oxygens (including phenoxy) is 1. The predicted octanol–water partition coefficient (Wildman–Crippen LogP) is 4.13. The Balaban J connectivity index is 2.31. The van der Waals surface area contributed by atoms with Crippen molar-refractivity contribution in [3.63, 3.8) is 0 Å². The smallest absolute Gasteiger partial charge is 0.311 e. The third-order valence-electron chi connectivity index (χ3n) is 3.60. The van der Waals surface area contributed by atoms with Crippen molar-refractivity contribution in [2.75, 3.05) is 20.6 Å². The number of benzene rings is 1. The van der Waals surface area contributed by atoms with Crippen LogP contribution in [0.4, 0.5) is 0 Å². The van der Waals surface area contributed by atoms with Gasteiger partial charge in [-0.15, -0.1) is 0 Å². The Hall–Kier alpha value is -1.33. The second kappa shape index (κ2) is 7.79. The van der Waals surface area contributed by atoms with E-state index in [1.54, 1.807) is 0 Å². The minimum absolute atomic E-state index is 0.162. The summed E-state index contributed by atoms with van der Waals surface area (Å²) in [5, 5.41) is 1.00. The van der Waals surface area contributed by atoms with E-state index in [4.69, 9.17) is 4.74 Å². The molecule has 0 bridgehead atoms. The Morgan fingerprint density at radius 1 is 1.36 bits per heavy atom. The summed E-state index contributed by atoms with van der Waals surface area (Å²) < 4.78 is 6.56. The lowest BCUT2D eigenvalue weighted by Crippen LogP contribution is -2.15. The Labute approximate surface area is 140 Å². The average molecular weight is 367 g/mol. The van der Waals surface area contributed by atoms with Gasteiger partial charge in [0.25, 0.3) is 0 Å². The van der Waals surface area contributed by atoms with E-state index in [0.29, 0.717) is 12.2 Å². The molecule has 22 heavy (non-hydrogen) atoms. The first-order valence-corrected chi connectivity index (χ1v) is 8.46. The van der Waals surface area contributed by atoms with E-state index in [9.17, 15) is 4.79 Å². The van der Waals surface area contributed by atoms with Gasteiger partial charge in [0.1, 0.15) is 5.75 Å². The van der Waals surface area contributed by atoms with Gasteiger partial charge in [-0.05, 0) is 60.6 Å². The minimum Gasteiger partial charge on any atom is -0.426 e. The third-order valence-corrected chi connectivity index (χ3v) is 4.28. The number of halogens is 1. The summed E-state index contributed by atoms with van der Waals surface area (Å²) in [6, 6.07) is 5.78. The number of carbonyl (C=O) groups excluding carboxylic acids is 1. The van der Waals surface area contributed by atoms with Crippen molar-refractivity contribution in [1.29, 1.82) is 0 Å². The lowest BCUT2D eigenvalue weighted by molar-refractivity contribution is -0.134. The normalized spacial score (nSPS) is 11.3. The van der Waals surface area contributed by atoms with Gasteiger partial charge in [-0.1, -0.05) is 19.4 Å². The number of esters is 1. The first kappa shape index (κ1) is 17.0. The highest BCUT2D eigenvalue weighted by molar-refractivity contribution is 9.10. The summed E-state index contributed by atoms with van der Waals surface area (Å²) in [5.41, 5.74) is 2.14. The van der Waals surface area contributed by atoms with Gasteiger partial charge in [0.2, 0.25) is 0 Å². The van der Waals surface area contributed by atoms with Gasteiger partial charge >= 0.3 is 5.97 Å². The summed E-state index contributed by atoms with van der Waals surface area (Å²) in [6.07, 6.45) is 3.20. The minimum atomic E-state index is -0.162. The fourth-order valence-electron chi connectivity index (χ4n) is 2.40. The molecule has 0 saturated heterocycles. The zero-order valence-corrected chi connectivity index (χ0v) is 15.0. The topological polar surface area (TPSA) is 45.3 Å². The van der Waals surface area contributed by atoms with E-state index in [1.165, 1.54) is 0 Å². The largest absolute Gasteiger partial charge is 0.426 e. The molecule has 0 atom stereocenters. The van der Waals surface area contributed by atoms with Crippen LogP contribution in [0, 0.1) is 0 Å². The zero-order chi connectivity index (χ0) is 16.1. The van der Waals surface area contributed by atoms with Gasteiger partial charge in [-0.25, -0.2) is 0 Å². The van der Waals surface area contributed by atoms with Crippen LogP contribution in [-0.4, -0.2) is 36.5 Å². The molecule has 4 nitrogen and oxygen atoms in total. The molecule has 0 fully saturated rings. The van der Waals surface area contributed by atoms with Crippen molar-refractivity contribution >= 4 is 32.8 Å². The number of aromatic amines is 1. The van der Waals surface area contributed by atoms with E-state index in [0.717, 1.165) is 46.9 Å². The van der Waals surface area contributed by atoms with E-state index in [-0.39, 0.29) is 5.97 Å². The fourth-order valence-corrected chi connectivity index (χ4v) is 3.01. The number of carbonyl (C=O) groups is 1. The van der Waals surface area contributed by atoms with Gasteiger partial charge in [0.05, 0.1) is 10.1 Å². The van der Waals surface area contributed by atoms with Crippen LogP contribution in [-0.2, 0) is 11.2 Å². The van der Waals surface area contributed by atoms with Crippen molar-refractivity contribution in [1.82, 2.24) is 9.88 Å². The molecule has 120 valence electrons. The SMILES string of the molecule is CCCCC(=O)Oc1cccc2[nH]c(Br)c(CCN(C)C)c12. The molecule has 1 aromatic heterocycles. The van der Waals surface area contributed by atoms with Gasteiger partial charge in [0, 0.05) is 18.4 Å². The Morgan fingerprint density at radius 2 is 2.14 bits per heavy atom. The van der Waals surface area contributed by atoms with Gasteiger partial charge in [-0.2, -0.15) is 0 Å². The number of fused-ring (bicyclic) bond motifs is 1. The molecule has 0 unspecified atom stereocenters. The number of likely N-dealkylation sites (N-methyl/N-ethyl adjacent to an activating group) is 1. The highest BCUT2D eigenvalue weighted by atomic mass is 79.9. The number of nitrogens with one attached hydrogen (secondary N) is 1. The monoisotopic (exact) mass is 366 g/mol. The van der Waals surface area contributed by atoms with Gasteiger partial charge < -0.3 is 14.6 Å². The fraction of sp³-hybridized carbons (Fsp3) is 0.471. The molecular weight excluding hydrogens is 344 g/mol. The molecule has 1 aromatic carbocycles. The lowest BCUT2D eigenvalue weighted by atomic mass is 10.1. The molecule has 1 heterocycles. The maximum atomic E-state index is 11.9. The number of rotatable bonds is 7. The van der Waals surface area contributed by atoms with Crippen LogP contribution in [0.3, 0.4) is 0 Å². The van der Waals surface area contributed by atoms with Crippen LogP contribution in [0.25, 0.3) is 10.9 Å². The molecule has 2 rings (SSSR count).